The predicted molar refractivity (Wildman–Crippen MR) is 357 cm³/mol. The quantitative estimate of drug-likeness (QED) is 0.0726. The van der Waals surface area contributed by atoms with E-state index in [0.717, 1.165) is 75.0 Å². The standard InChI is InChI=1S/C17H11NO.C17H10NO.2C13H12N.C5H4.CH4O3S.2CH4O.B6.2Ir/c2*1-2-9-15-13(6-1)17-12(7-5-10-16(17)19-15)14-8-3-4-11-18-14;2*1-10-8-13(14-9-11(10)2)12-6-4-3-5-7-12;1-3-5-4-2;1-5(2,3)4;2*1-2;1-5(2)6(3)4;;/h1-11H;1-6,8-11H;2*3-6,8-9H,1-2H3;1H,2H3;1H3,(H,2,3,4);2*2H,1H3;;;/q;3*-1;;;;;;;/p-1/i2*3D,4D,8D,11D;2*2D3;;;;;;;. The smallest absolute Gasteiger partial charge is 0.136 e. The molecule has 0 bridgehead atoms. The monoisotopic (exact) mass is 1540 g/mol. The molecule has 12 aromatic rings. The van der Waals surface area contributed by atoms with Crippen molar-refractivity contribution < 1.29 is 91.4 Å². The number of aliphatic hydroxyl groups excluding tert-OH is 2. The SMILES string of the molecule is C#CC#CC.CO.CO.CS(=O)(=O)[O-].[2H]C([2H])([2H])c1cnc(-c2[c-]cccc2)cc1C.[2H]C([2H])([2H])c1cnc(-c2[c-]cccc2)cc1C.[2H]c1nc(-c2[c-]ccc3oc4ccccc4c23)c([2H])c([2H])c1[2H].[2H]c1nc(-c2cccc3oc4ccccc4c23)c([2H])c([2H])c1[2H].[B]B([B])B([B])[B].[Ir].[Ir]. The van der Waals surface area contributed by atoms with Gasteiger partial charge >= 0.3 is 0 Å². The maximum absolute atomic E-state index is 9.08. The van der Waals surface area contributed by atoms with Gasteiger partial charge in [-0.15, -0.1) is 95.9 Å². The Bertz CT molecular complexity index is 4670. The zero-order valence-electron chi connectivity index (χ0n) is 62.3. The Balaban J connectivity index is 0.000000424. The number of para-hydroxylation sites is 2. The zero-order valence-corrected chi connectivity index (χ0v) is 53.9. The molecule has 0 fully saturated rings. The Labute approximate surface area is 570 Å². The molecule has 12 rings (SSSR count). The van der Waals surface area contributed by atoms with Crippen LogP contribution in [-0.2, 0) is 50.3 Å². The zero-order chi connectivity index (χ0) is 75.0. The van der Waals surface area contributed by atoms with E-state index >= 15 is 0 Å². The summed E-state index contributed by atoms with van der Waals surface area (Å²) in [7, 11) is 17.9. The Kier molecular flexibility index (Phi) is 25.6. The van der Waals surface area contributed by atoms with Crippen LogP contribution < -0.4 is 0 Å². The molecule has 440 valence electrons. The molecule has 88 heavy (non-hydrogen) atoms. The fraction of sp³-hybridized carbons (Fsp3) is 0.118. The number of hydrogen-bond donors (Lipinski definition) is 2. The number of aromatic nitrogens is 4. The minimum Gasteiger partial charge on any atom is -0.748 e. The van der Waals surface area contributed by atoms with Gasteiger partial charge in [0.2, 0.25) is 0 Å². The normalized spacial score (nSPS) is 12.1. The summed E-state index contributed by atoms with van der Waals surface area (Å²) in [5.74, 6) is 7.08. The summed E-state index contributed by atoms with van der Waals surface area (Å²) in [5.41, 5.74) is 9.59. The van der Waals surface area contributed by atoms with Crippen molar-refractivity contribution in [1.29, 1.82) is 0 Å². The van der Waals surface area contributed by atoms with Crippen LogP contribution in [0.25, 0.3) is 88.9 Å². The van der Waals surface area contributed by atoms with Crippen LogP contribution in [-0.4, -0.2) is 107 Å². The molecule has 6 aromatic heterocycles. The van der Waals surface area contributed by atoms with Gasteiger partial charge in [0.25, 0.3) is 0 Å². The Morgan fingerprint density at radius 2 is 1.02 bits per heavy atom. The van der Waals surface area contributed by atoms with E-state index in [2.05, 4.69) is 55.9 Å². The van der Waals surface area contributed by atoms with Gasteiger partial charge < -0.3 is 38.6 Å². The first-order valence-electron chi connectivity index (χ1n) is 32.4. The number of aliphatic hydroxyl groups is 2. The van der Waals surface area contributed by atoms with E-state index in [-0.39, 0.29) is 100 Å². The Hall–Kier alpha value is -7.84. The van der Waals surface area contributed by atoms with Crippen molar-refractivity contribution in [3.8, 4) is 69.2 Å². The summed E-state index contributed by atoms with van der Waals surface area (Å²) in [6, 6.07) is 50.1. The molecular weight excluding hydrogens is 1470 g/mol. The van der Waals surface area contributed by atoms with Crippen molar-refractivity contribution >= 4 is 97.7 Å². The first-order chi connectivity index (χ1) is 47.2. The number of nitrogens with zero attached hydrogens (tertiary/aromatic N) is 4. The minimum atomic E-state index is -3.92. The van der Waals surface area contributed by atoms with Crippen LogP contribution in [0.5, 0.6) is 0 Å². The van der Waals surface area contributed by atoms with Crippen LogP contribution >= 0.6 is 0 Å². The molecule has 0 aliphatic rings. The molecule has 0 saturated carbocycles. The number of benzene rings is 6. The van der Waals surface area contributed by atoms with Crippen molar-refractivity contribution in [2.24, 2.45) is 0 Å². The maximum atomic E-state index is 9.08. The summed E-state index contributed by atoms with van der Waals surface area (Å²) in [6.45, 7) is 1.08. The third kappa shape index (κ3) is 24.4. The number of rotatable bonds is 5. The van der Waals surface area contributed by atoms with E-state index in [0.29, 0.717) is 45.3 Å². The summed E-state index contributed by atoms with van der Waals surface area (Å²) in [4.78, 5) is 16.5. The van der Waals surface area contributed by atoms with Crippen molar-refractivity contribution in [2.45, 2.75) is 34.5 Å². The van der Waals surface area contributed by atoms with Crippen molar-refractivity contribution in [1.82, 2.24) is 19.9 Å². The van der Waals surface area contributed by atoms with Gasteiger partial charge in [0, 0.05) is 154 Å². The molecule has 11 nitrogen and oxygen atoms in total. The molecule has 6 aromatic carbocycles. The number of furan rings is 2. The number of hydrogen-bond acceptors (Lipinski definition) is 11. The first-order valence-corrected chi connectivity index (χ1v) is 27.2. The third-order valence-corrected chi connectivity index (χ3v) is 11.0. The number of aryl methyl sites for hydroxylation is 4. The van der Waals surface area contributed by atoms with Crippen LogP contribution in [0.4, 0.5) is 0 Å². The van der Waals surface area contributed by atoms with Crippen molar-refractivity contribution in [3.05, 3.63) is 241 Å². The van der Waals surface area contributed by atoms with E-state index in [1.165, 1.54) is 12.4 Å². The van der Waals surface area contributed by atoms with Gasteiger partial charge in [0.15, 0.2) is 0 Å². The molecule has 0 aliphatic heterocycles. The van der Waals surface area contributed by atoms with E-state index in [1.54, 1.807) is 57.2 Å². The van der Waals surface area contributed by atoms with Gasteiger partial charge in [0.1, 0.15) is 16.7 Å². The van der Waals surface area contributed by atoms with Gasteiger partial charge in [0.05, 0.1) is 32.4 Å². The van der Waals surface area contributed by atoms with Crippen LogP contribution in [0.2, 0.25) is 0 Å². The topological polar surface area (TPSA) is 175 Å². The second kappa shape index (κ2) is 40.6. The van der Waals surface area contributed by atoms with E-state index in [4.69, 9.17) is 88.6 Å². The van der Waals surface area contributed by atoms with Gasteiger partial charge in [-0.1, -0.05) is 107 Å². The number of fused-ring (bicyclic) bond motifs is 6. The molecule has 6 heterocycles. The van der Waals surface area contributed by atoms with E-state index in [1.807, 2.05) is 103 Å². The van der Waals surface area contributed by atoms with E-state index in [9.17, 15) is 0 Å². The van der Waals surface area contributed by atoms with E-state index < -0.39 is 36.6 Å². The van der Waals surface area contributed by atoms with Crippen LogP contribution in [0.3, 0.4) is 0 Å². The molecule has 20 heteroatoms. The Morgan fingerprint density at radius 3 is 1.45 bits per heavy atom. The van der Waals surface area contributed by atoms with Crippen molar-refractivity contribution in [2.75, 3.05) is 20.5 Å². The largest absolute Gasteiger partial charge is 0.748 e. The molecule has 0 aliphatic carbocycles. The van der Waals surface area contributed by atoms with Crippen LogP contribution in [0.1, 0.15) is 48.4 Å². The second-order valence-electron chi connectivity index (χ2n) is 17.1. The molecule has 0 unspecified atom stereocenters. The summed E-state index contributed by atoms with van der Waals surface area (Å²) >= 11 is 0. The predicted octanol–water partition coefficient (Wildman–Crippen LogP) is 12.2. The van der Waals surface area contributed by atoms with Gasteiger partial charge in [-0.05, 0) is 116 Å². The third-order valence-electron chi connectivity index (χ3n) is 11.0. The maximum Gasteiger partial charge on any atom is 0.136 e. The van der Waals surface area contributed by atoms with Gasteiger partial charge in [-0.25, -0.2) is 8.42 Å². The van der Waals surface area contributed by atoms with Gasteiger partial charge in [-0.2, -0.15) is 0 Å². The number of pyridine rings is 4. The molecule has 0 atom stereocenters. The Morgan fingerprint density at radius 1 is 0.580 bits per heavy atom. The summed E-state index contributed by atoms with van der Waals surface area (Å²) in [5, 5.41) is 17.3. The second-order valence-corrected chi connectivity index (χ2v) is 18.5. The molecular formula is C68H60B6Ir2N4O7S-4. The fourth-order valence-corrected chi connectivity index (χ4v) is 7.16. The average molecular weight is 1540 g/mol. The van der Waals surface area contributed by atoms with Gasteiger partial charge in [-0.3, -0.25) is 4.98 Å². The molecule has 2 N–H and O–H groups in total. The number of terminal acetylenes is 1. The molecule has 0 amide bonds. The molecule has 0 saturated heterocycles. The average Bonchev–Trinajstić information content (AvgIpc) is 1.57. The van der Waals surface area contributed by atoms with Crippen LogP contribution in [0.15, 0.2) is 209 Å². The molecule has 10 radical (unpaired) electrons. The van der Waals surface area contributed by atoms with Crippen molar-refractivity contribution in [3.63, 3.8) is 0 Å². The fourth-order valence-electron chi connectivity index (χ4n) is 7.16. The minimum absolute atomic E-state index is 0. The summed E-state index contributed by atoms with van der Waals surface area (Å²) in [6.07, 6.45) is 6.37. The molecule has 0 spiro atoms. The first kappa shape index (κ1) is 55.5. The summed E-state index contributed by atoms with van der Waals surface area (Å²) < 4.78 is 146. The van der Waals surface area contributed by atoms with Crippen LogP contribution in [0, 0.1) is 69.9 Å².